The Morgan fingerprint density at radius 3 is 2.65 bits per heavy atom. The van der Waals surface area contributed by atoms with Crippen molar-refractivity contribution in [3.63, 3.8) is 0 Å². The predicted octanol–water partition coefficient (Wildman–Crippen LogP) is 3.04. The molecule has 0 spiro atoms. The highest BCUT2D eigenvalue weighted by Crippen LogP contribution is 2.65. The molecule has 1 heterocycles. The van der Waals surface area contributed by atoms with Crippen molar-refractivity contribution in [1.29, 1.82) is 0 Å². The van der Waals surface area contributed by atoms with Gasteiger partial charge in [-0.25, -0.2) is 0 Å². The van der Waals surface area contributed by atoms with Crippen LogP contribution in [-0.2, 0) is 12.0 Å². The summed E-state index contributed by atoms with van der Waals surface area (Å²) in [6.45, 7) is 6.24. The second kappa shape index (κ2) is 4.30. The Morgan fingerprint density at radius 2 is 2.00 bits per heavy atom. The van der Waals surface area contributed by atoms with Crippen molar-refractivity contribution in [2.45, 2.75) is 64.3 Å². The molecule has 4 aliphatic rings. The van der Waals surface area contributed by atoms with Gasteiger partial charge in [-0.1, -0.05) is 19.0 Å². The summed E-state index contributed by atoms with van der Waals surface area (Å²) in [5.41, 5.74) is 0.733. The van der Waals surface area contributed by atoms with Crippen molar-refractivity contribution >= 4 is 0 Å². The Balaban J connectivity index is 1.62. The van der Waals surface area contributed by atoms with Gasteiger partial charge >= 0.3 is 0 Å². The van der Waals surface area contributed by atoms with E-state index in [1.54, 1.807) is 0 Å². The molecule has 4 bridgehead atoms. The Kier molecular flexibility index (Phi) is 2.75. The van der Waals surface area contributed by atoms with Crippen molar-refractivity contribution in [2.75, 3.05) is 6.54 Å². The van der Waals surface area contributed by atoms with E-state index in [-0.39, 0.29) is 5.41 Å². The maximum Gasteiger partial charge on any atom is 0.232 e. The Morgan fingerprint density at radius 1 is 1.25 bits per heavy atom. The fourth-order valence-corrected chi connectivity index (χ4v) is 5.75. The molecule has 110 valence electrons. The molecular weight excluding hydrogens is 250 g/mol. The number of rotatable bonds is 4. The first-order valence-corrected chi connectivity index (χ1v) is 8.15. The zero-order valence-corrected chi connectivity index (χ0v) is 12.6. The molecule has 4 nitrogen and oxygen atoms in total. The molecule has 4 fully saturated rings. The van der Waals surface area contributed by atoms with Gasteiger partial charge in [-0.2, -0.15) is 4.98 Å². The lowest BCUT2D eigenvalue weighted by Gasteiger charge is -2.59. The average molecular weight is 275 g/mol. The fraction of sp³-hybridized carbons (Fsp3) is 0.875. The molecule has 20 heavy (non-hydrogen) atoms. The van der Waals surface area contributed by atoms with Crippen molar-refractivity contribution in [2.24, 2.45) is 17.3 Å². The maximum atomic E-state index is 5.69. The zero-order valence-electron chi connectivity index (χ0n) is 12.6. The van der Waals surface area contributed by atoms with E-state index in [2.05, 4.69) is 24.3 Å². The SMILES string of the molecule is CCNCc1noc(C23CC4CC(CC(C)(C4)C2)C3)n1. The second-order valence-electron chi connectivity index (χ2n) is 7.85. The number of nitrogens with one attached hydrogen (secondary N) is 1. The van der Waals surface area contributed by atoms with Gasteiger partial charge in [0.2, 0.25) is 5.89 Å². The fourth-order valence-electron chi connectivity index (χ4n) is 5.75. The van der Waals surface area contributed by atoms with Crippen LogP contribution >= 0.6 is 0 Å². The highest BCUT2D eigenvalue weighted by Gasteiger charge is 2.58. The van der Waals surface area contributed by atoms with Crippen LogP contribution in [0.5, 0.6) is 0 Å². The van der Waals surface area contributed by atoms with Crippen LogP contribution in [0.15, 0.2) is 4.52 Å². The van der Waals surface area contributed by atoms with Gasteiger partial charge in [-0.3, -0.25) is 0 Å². The van der Waals surface area contributed by atoms with Crippen LogP contribution in [0.4, 0.5) is 0 Å². The van der Waals surface area contributed by atoms with E-state index in [0.717, 1.165) is 36.6 Å². The van der Waals surface area contributed by atoms with Gasteiger partial charge in [0.05, 0.1) is 12.0 Å². The Hall–Kier alpha value is -0.900. The van der Waals surface area contributed by atoms with Crippen LogP contribution < -0.4 is 5.32 Å². The van der Waals surface area contributed by atoms with Gasteiger partial charge in [0.25, 0.3) is 0 Å². The number of hydrogen-bond donors (Lipinski definition) is 1. The van der Waals surface area contributed by atoms with E-state index in [4.69, 9.17) is 9.51 Å². The maximum absolute atomic E-state index is 5.69. The molecule has 4 aliphatic carbocycles. The number of aromatic nitrogens is 2. The summed E-state index contributed by atoms with van der Waals surface area (Å²) in [7, 11) is 0. The quantitative estimate of drug-likeness (QED) is 0.917. The van der Waals surface area contributed by atoms with Gasteiger partial charge in [-0.15, -0.1) is 0 Å². The summed E-state index contributed by atoms with van der Waals surface area (Å²) in [5.74, 6) is 3.55. The molecule has 4 saturated carbocycles. The van der Waals surface area contributed by atoms with Crippen LogP contribution in [-0.4, -0.2) is 16.7 Å². The van der Waals surface area contributed by atoms with Gasteiger partial charge < -0.3 is 9.84 Å². The molecule has 2 unspecified atom stereocenters. The lowest BCUT2D eigenvalue weighted by Crippen LogP contribution is -2.53. The molecular formula is C16H25N3O. The molecule has 0 aromatic carbocycles. The Bertz CT molecular complexity index is 496. The standard InChI is InChI=1S/C16H25N3O/c1-3-17-9-13-18-14(20-19-13)16-7-11-4-12(8-16)6-15(2,5-11)10-16/h11-12,17H,3-10H2,1-2H3. The van der Waals surface area contributed by atoms with Gasteiger partial charge in [0, 0.05) is 0 Å². The summed E-state index contributed by atoms with van der Waals surface area (Å²) < 4.78 is 5.69. The average Bonchev–Trinajstić information content (AvgIpc) is 2.82. The van der Waals surface area contributed by atoms with E-state index in [1.807, 2.05) is 0 Å². The molecule has 2 atom stereocenters. The normalized spacial score (nSPS) is 42.3. The molecule has 1 aromatic rings. The van der Waals surface area contributed by atoms with Crippen LogP contribution in [0, 0.1) is 17.3 Å². The van der Waals surface area contributed by atoms with Gasteiger partial charge in [-0.05, 0) is 62.3 Å². The van der Waals surface area contributed by atoms with Gasteiger partial charge in [0.1, 0.15) is 0 Å². The molecule has 0 saturated heterocycles. The van der Waals surface area contributed by atoms with Crippen LogP contribution in [0.2, 0.25) is 0 Å². The molecule has 0 radical (unpaired) electrons. The minimum absolute atomic E-state index is 0.205. The van der Waals surface area contributed by atoms with E-state index in [0.29, 0.717) is 5.41 Å². The Labute approximate surface area is 120 Å². The second-order valence-corrected chi connectivity index (χ2v) is 7.85. The van der Waals surface area contributed by atoms with Crippen LogP contribution in [0.25, 0.3) is 0 Å². The van der Waals surface area contributed by atoms with E-state index in [9.17, 15) is 0 Å². The van der Waals surface area contributed by atoms with Crippen molar-refractivity contribution < 1.29 is 4.52 Å². The predicted molar refractivity (Wildman–Crippen MR) is 76.1 cm³/mol. The largest absolute Gasteiger partial charge is 0.339 e. The first-order chi connectivity index (χ1) is 9.61. The van der Waals surface area contributed by atoms with Crippen LogP contribution in [0.1, 0.15) is 64.1 Å². The summed E-state index contributed by atoms with van der Waals surface area (Å²) in [5, 5.41) is 7.46. The molecule has 0 amide bonds. The third kappa shape index (κ3) is 1.92. The van der Waals surface area contributed by atoms with E-state index >= 15 is 0 Å². The van der Waals surface area contributed by atoms with E-state index in [1.165, 1.54) is 38.5 Å². The minimum Gasteiger partial charge on any atom is -0.339 e. The third-order valence-electron chi connectivity index (χ3n) is 5.81. The highest BCUT2D eigenvalue weighted by atomic mass is 16.5. The van der Waals surface area contributed by atoms with Crippen molar-refractivity contribution in [1.82, 2.24) is 15.5 Å². The third-order valence-corrected chi connectivity index (χ3v) is 5.81. The lowest BCUT2D eigenvalue weighted by atomic mass is 9.44. The molecule has 1 aromatic heterocycles. The van der Waals surface area contributed by atoms with E-state index < -0.39 is 0 Å². The molecule has 4 heteroatoms. The highest BCUT2D eigenvalue weighted by molar-refractivity contribution is 5.17. The first kappa shape index (κ1) is 12.8. The summed E-state index contributed by atoms with van der Waals surface area (Å²) in [4.78, 5) is 4.73. The van der Waals surface area contributed by atoms with Crippen molar-refractivity contribution in [3.8, 4) is 0 Å². The first-order valence-electron chi connectivity index (χ1n) is 8.15. The smallest absolute Gasteiger partial charge is 0.232 e. The monoisotopic (exact) mass is 275 g/mol. The number of nitrogens with zero attached hydrogens (tertiary/aromatic N) is 2. The molecule has 1 N–H and O–H groups in total. The molecule has 0 aliphatic heterocycles. The van der Waals surface area contributed by atoms with Crippen LogP contribution in [0.3, 0.4) is 0 Å². The lowest BCUT2D eigenvalue weighted by molar-refractivity contribution is -0.0724. The summed E-state index contributed by atoms with van der Waals surface area (Å²) in [6, 6.07) is 0. The minimum atomic E-state index is 0.205. The topological polar surface area (TPSA) is 51.0 Å². The van der Waals surface area contributed by atoms with Gasteiger partial charge in [0.15, 0.2) is 5.82 Å². The number of hydrogen-bond acceptors (Lipinski definition) is 4. The summed E-state index contributed by atoms with van der Waals surface area (Å²) >= 11 is 0. The molecule has 5 rings (SSSR count). The zero-order chi connectivity index (χ0) is 13.8. The summed E-state index contributed by atoms with van der Waals surface area (Å²) in [6.07, 6.45) is 8.10. The van der Waals surface area contributed by atoms with Crippen molar-refractivity contribution in [3.05, 3.63) is 11.7 Å².